The number of hydrogen-bond acceptors (Lipinski definition) is 7. The lowest BCUT2D eigenvalue weighted by Gasteiger charge is -2.21. The molecule has 0 bridgehead atoms. The molecule has 136 valence electrons. The molecular formula is C16H18N6O3S. The number of rotatable bonds is 4. The van der Waals surface area contributed by atoms with Gasteiger partial charge in [-0.2, -0.15) is 9.40 Å². The quantitative estimate of drug-likeness (QED) is 0.684. The normalized spacial score (nSPS) is 18.5. The van der Waals surface area contributed by atoms with Crippen LogP contribution in [-0.2, 0) is 17.1 Å². The van der Waals surface area contributed by atoms with E-state index in [1.165, 1.54) is 10.5 Å². The van der Waals surface area contributed by atoms with Gasteiger partial charge in [-0.25, -0.2) is 8.42 Å². The first kappa shape index (κ1) is 16.9. The Balaban J connectivity index is 1.67. The van der Waals surface area contributed by atoms with Crippen molar-refractivity contribution < 1.29 is 12.8 Å². The van der Waals surface area contributed by atoms with Gasteiger partial charge in [0.2, 0.25) is 21.8 Å². The zero-order valence-electron chi connectivity index (χ0n) is 14.4. The maximum absolute atomic E-state index is 13.1. The van der Waals surface area contributed by atoms with E-state index in [4.69, 9.17) is 4.42 Å². The second-order valence-electron chi connectivity index (χ2n) is 6.18. The van der Waals surface area contributed by atoms with E-state index in [9.17, 15) is 8.42 Å². The molecule has 4 rings (SSSR count). The third-order valence-corrected chi connectivity index (χ3v) is 6.63. The minimum absolute atomic E-state index is 0.207. The number of pyridine rings is 1. The van der Waals surface area contributed by atoms with Crippen molar-refractivity contribution in [1.82, 2.24) is 29.3 Å². The lowest BCUT2D eigenvalue weighted by Crippen LogP contribution is -2.31. The van der Waals surface area contributed by atoms with Crippen LogP contribution in [-0.4, -0.2) is 44.2 Å². The smallest absolute Gasteiger partial charge is 0.249 e. The summed E-state index contributed by atoms with van der Waals surface area (Å²) in [7, 11) is -1.98. The molecule has 4 heterocycles. The Morgan fingerprint density at radius 2 is 2.12 bits per heavy atom. The molecular weight excluding hydrogens is 356 g/mol. The van der Waals surface area contributed by atoms with Gasteiger partial charge < -0.3 is 4.42 Å². The Labute approximate surface area is 150 Å². The molecule has 1 saturated heterocycles. The average Bonchev–Trinajstić information content (AvgIpc) is 3.36. The van der Waals surface area contributed by atoms with E-state index in [1.54, 1.807) is 37.1 Å². The Morgan fingerprint density at radius 3 is 2.81 bits per heavy atom. The molecule has 1 aliphatic heterocycles. The maximum atomic E-state index is 13.1. The first-order chi connectivity index (χ1) is 12.5. The summed E-state index contributed by atoms with van der Waals surface area (Å²) in [5.41, 5.74) is 1.29. The largest absolute Gasteiger partial charge is 0.419 e. The molecule has 3 aromatic rings. The second kappa shape index (κ2) is 6.29. The van der Waals surface area contributed by atoms with E-state index in [1.807, 2.05) is 6.07 Å². The van der Waals surface area contributed by atoms with E-state index in [2.05, 4.69) is 20.3 Å². The fraction of sp³-hybridized carbons (Fsp3) is 0.375. The van der Waals surface area contributed by atoms with Gasteiger partial charge in [-0.1, -0.05) is 0 Å². The lowest BCUT2D eigenvalue weighted by atomic mass is 10.2. The summed E-state index contributed by atoms with van der Waals surface area (Å²) in [5, 5.41) is 12.2. The van der Waals surface area contributed by atoms with Crippen molar-refractivity contribution in [3.63, 3.8) is 0 Å². The van der Waals surface area contributed by atoms with Gasteiger partial charge in [-0.15, -0.1) is 10.2 Å². The molecule has 1 aliphatic rings. The van der Waals surface area contributed by atoms with E-state index >= 15 is 0 Å². The van der Waals surface area contributed by atoms with Gasteiger partial charge in [0, 0.05) is 26.0 Å². The van der Waals surface area contributed by atoms with Gasteiger partial charge in [0.1, 0.15) is 10.9 Å². The molecule has 0 N–H and O–H groups in total. The van der Waals surface area contributed by atoms with Crippen LogP contribution in [0.15, 0.2) is 40.0 Å². The highest BCUT2D eigenvalue weighted by molar-refractivity contribution is 7.89. The van der Waals surface area contributed by atoms with Crippen LogP contribution >= 0.6 is 0 Å². The van der Waals surface area contributed by atoms with E-state index in [0.29, 0.717) is 36.0 Å². The summed E-state index contributed by atoms with van der Waals surface area (Å²) in [6, 6.07) is 3.11. The predicted octanol–water partition coefficient (Wildman–Crippen LogP) is 1.70. The van der Waals surface area contributed by atoms with Crippen LogP contribution in [0, 0.1) is 6.92 Å². The van der Waals surface area contributed by atoms with E-state index in [0.717, 1.165) is 6.42 Å². The van der Waals surface area contributed by atoms with Crippen molar-refractivity contribution in [2.75, 3.05) is 6.54 Å². The molecule has 3 aromatic heterocycles. The molecule has 0 aliphatic carbocycles. The summed E-state index contributed by atoms with van der Waals surface area (Å²) < 4.78 is 34.9. The second-order valence-corrected chi connectivity index (χ2v) is 8.04. The summed E-state index contributed by atoms with van der Waals surface area (Å²) in [4.78, 5) is 4.24. The van der Waals surface area contributed by atoms with Crippen molar-refractivity contribution in [3.05, 3.63) is 42.3 Å². The van der Waals surface area contributed by atoms with Crippen molar-refractivity contribution in [2.45, 2.75) is 30.7 Å². The molecule has 0 unspecified atom stereocenters. The third-order valence-electron chi connectivity index (χ3n) is 4.61. The van der Waals surface area contributed by atoms with Crippen LogP contribution in [0.5, 0.6) is 0 Å². The van der Waals surface area contributed by atoms with Gasteiger partial charge >= 0.3 is 0 Å². The number of nitrogens with zero attached hydrogens (tertiary/aromatic N) is 6. The first-order valence-electron chi connectivity index (χ1n) is 8.22. The average molecular weight is 374 g/mol. The highest BCUT2D eigenvalue weighted by atomic mass is 32.2. The summed E-state index contributed by atoms with van der Waals surface area (Å²) in [6.07, 6.45) is 6.03. The zero-order valence-corrected chi connectivity index (χ0v) is 15.2. The van der Waals surface area contributed by atoms with Crippen molar-refractivity contribution in [2.24, 2.45) is 7.05 Å². The van der Waals surface area contributed by atoms with Gasteiger partial charge in [0.05, 0.1) is 17.5 Å². The zero-order chi connectivity index (χ0) is 18.3. The van der Waals surface area contributed by atoms with Crippen LogP contribution in [0.2, 0.25) is 0 Å². The molecule has 1 atom stereocenters. The summed E-state index contributed by atoms with van der Waals surface area (Å²) in [6.45, 7) is 2.14. The van der Waals surface area contributed by atoms with Crippen LogP contribution in [0.4, 0.5) is 0 Å². The molecule has 10 heteroatoms. The number of sulfonamides is 1. The van der Waals surface area contributed by atoms with Crippen molar-refractivity contribution >= 4 is 10.0 Å². The maximum Gasteiger partial charge on any atom is 0.249 e. The highest BCUT2D eigenvalue weighted by Gasteiger charge is 2.40. The Morgan fingerprint density at radius 1 is 1.27 bits per heavy atom. The SMILES string of the molecule is Cc1c(S(=O)(=O)N2CCC[C@H]2c2nnc(-c3cccnc3)o2)cnn1C. The van der Waals surface area contributed by atoms with Crippen LogP contribution in [0.25, 0.3) is 11.5 Å². The minimum Gasteiger partial charge on any atom is -0.419 e. The number of aryl methyl sites for hydroxylation is 1. The Kier molecular flexibility index (Phi) is 4.08. The van der Waals surface area contributed by atoms with Gasteiger partial charge in [0.15, 0.2) is 0 Å². The Bertz CT molecular complexity index is 1030. The monoisotopic (exact) mass is 374 g/mol. The molecule has 26 heavy (non-hydrogen) atoms. The predicted molar refractivity (Wildman–Crippen MR) is 91.3 cm³/mol. The van der Waals surface area contributed by atoms with Gasteiger partial charge in [-0.3, -0.25) is 9.67 Å². The fourth-order valence-electron chi connectivity index (χ4n) is 3.11. The molecule has 9 nitrogen and oxygen atoms in total. The summed E-state index contributed by atoms with van der Waals surface area (Å²) >= 11 is 0. The highest BCUT2D eigenvalue weighted by Crippen LogP contribution is 2.37. The molecule has 0 spiro atoms. The van der Waals surface area contributed by atoms with E-state index in [-0.39, 0.29) is 4.90 Å². The molecule has 0 amide bonds. The van der Waals surface area contributed by atoms with Crippen molar-refractivity contribution in [1.29, 1.82) is 0 Å². The number of hydrogen-bond donors (Lipinski definition) is 0. The van der Waals surface area contributed by atoms with Gasteiger partial charge in [0.25, 0.3) is 0 Å². The van der Waals surface area contributed by atoms with Crippen LogP contribution < -0.4 is 0 Å². The minimum atomic E-state index is -3.69. The molecule has 0 aromatic carbocycles. The lowest BCUT2D eigenvalue weighted by molar-refractivity contribution is 0.332. The first-order valence-corrected chi connectivity index (χ1v) is 9.67. The summed E-state index contributed by atoms with van der Waals surface area (Å²) in [5.74, 6) is 0.626. The fourth-order valence-corrected chi connectivity index (χ4v) is 4.95. The van der Waals surface area contributed by atoms with Crippen LogP contribution in [0.3, 0.4) is 0 Å². The van der Waals surface area contributed by atoms with Crippen LogP contribution in [0.1, 0.15) is 30.5 Å². The van der Waals surface area contributed by atoms with Gasteiger partial charge in [-0.05, 0) is 31.9 Å². The van der Waals surface area contributed by atoms with E-state index < -0.39 is 16.1 Å². The topological polar surface area (TPSA) is 107 Å². The Hall–Kier alpha value is -2.59. The number of aromatic nitrogens is 5. The standard InChI is InChI=1S/C16H18N6O3S/c1-11-14(10-18-21(11)2)26(23,24)22-8-4-6-13(22)16-20-19-15(25-16)12-5-3-7-17-9-12/h3,5,7,9-10,13H,4,6,8H2,1-2H3/t13-/m0/s1. The van der Waals surface area contributed by atoms with Crippen molar-refractivity contribution in [3.8, 4) is 11.5 Å². The molecule has 0 saturated carbocycles. The third kappa shape index (κ3) is 2.71. The molecule has 0 radical (unpaired) electrons. The molecule has 1 fully saturated rings.